The standard InChI is InChI=1S/C7H12N2OS/c8-6(1-2-10)5-3-11-4-7(5)9/h3-4,6,10H,1-2,8-9H2. The number of hydrogen-bond donors (Lipinski definition) is 3. The van der Waals surface area contributed by atoms with Crippen LogP contribution < -0.4 is 11.5 Å². The molecular weight excluding hydrogens is 160 g/mol. The predicted octanol–water partition coefficient (Wildman–Crippen LogP) is 0.713. The Kier molecular flexibility index (Phi) is 2.87. The van der Waals surface area contributed by atoms with Crippen molar-refractivity contribution in [1.82, 2.24) is 0 Å². The second kappa shape index (κ2) is 3.71. The zero-order chi connectivity index (χ0) is 8.27. The van der Waals surface area contributed by atoms with Gasteiger partial charge in [-0.05, 0) is 11.8 Å². The normalized spacial score (nSPS) is 13.3. The van der Waals surface area contributed by atoms with Gasteiger partial charge in [0.25, 0.3) is 0 Å². The van der Waals surface area contributed by atoms with Crippen molar-refractivity contribution >= 4 is 17.0 Å². The number of anilines is 1. The Hall–Kier alpha value is -0.580. The third-order valence-electron chi connectivity index (χ3n) is 1.56. The van der Waals surface area contributed by atoms with Crippen molar-refractivity contribution in [3.05, 3.63) is 16.3 Å². The van der Waals surface area contributed by atoms with E-state index >= 15 is 0 Å². The molecule has 0 aromatic carbocycles. The van der Waals surface area contributed by atoms with Crippen molar-refractivity contribution in [3.63, 3.8) is 0 Å². The summed E-state index contributed by atoms with van der Waals surface area (Å²) in [6.07, 6.45) is 0.570. The number of nitrogens with two attached hydrogens (primary N) is 2. The van der Waals surface area contributed by atoms with E-state index in [1.807, 2.05) is 10.8 Å². The van der Waals surface area contributed by atoms with Crippen molar-refractivity contribution in [3.8, 4) is 0 Å². The number of aliphatic hydroxyl groups is 1. The maximum absolute atomic E-state index is 8.61. The van der Waals surface area contributed by atoms with Gasteiger partial charge >= 0.3 is 0 Å². The van der Waals surface area contributed by atoms with Gasteiger partial charge < -0.3 is 16.6 Å². The van der Waals surface area contributed by atoms with Crippen LogP contribution in [0.15, 0.2) is 10.8 Å². The fourth-order valence-electron chi connectivity index (χ4n) is 0.913. The molecule has 11 heavy (non-hydrogen) atoms. The van der Waals surface area contributed by atoms with Crippen LogP contribution in [-0.2, 0) is 0 Å². The van der Waals surface area contributed by atoms with Crippen LogP contribution in [0.25, 0.3) is 0 Å². The second-order valence-corrected chi connectivity index (χ2v) is 3.14. The van der Waals surface area contributed by atoms with E-state index in [9.17, 15) is 0 Å². The molecule has 1 aromatic heterocycles. The van der Waals surface area contributed by atoms with Crippen molar-refractivity contribution in [2.24, 2.45) is 5.73 Å². The molecule has 0 aliphatic carbocycles. The summed E-state index contributed by atoms with van der Waals surface area (Å²) >= 11 is 1.53. The van der Waals surface area contributed by atoms with E-state index in [1.165, 1.54) is 11.3 Å². The van der Waals surface area contributed by atoms with Gasteiger partial charge in [-0.2, -0.15) is 0 Å². The molecule has 1 heterocycles. The molecule has 0 aliphatic rings. The number of hydrogen-bond acceptors (Lipinski definition) is 4. The Morgan fingerprint density at radius 3 is 2.73 bits per heavy atom. The lowest BCUT2D eigenvalue weighted by molar-refractivity contribution is 0.277. The highest BCUT2D eigenvalue weighted by Gasteiger charge is 2.08. The molecule has 1 atom stereocenters. The summed E-state index contributed by atoms with van der Waals surface area (Å²) in [5.41, 5.74) is 13.0. The minimum atomic E-state index is -0.119. The summed E-state index contributed by atoms with van der Waals surface area (Å²) in [5, 5.41) is 12.4. The summed E-state index contributed by atoms with van der Waals surface area (Å²) in [5.74, 6) is 0. The van der Waals surface area contributed by atoms with Crippen LogP contribution in [0.3, 0.4) is 0 Å². The summed E-state index contributed by atoms with van der Waals surface area (Å²) in [6.45, 7) is 0.108. The molecule has 0 saturated carbocycles. The van der Waals surface area contributed by atoms with Crippen LogP contribution in [0.5, 0.6) is 0 Å². The van der Waals surface area contributed by atoms with E-state index in [4.69, 9.17) is 16.6 Å². The van der Waals surface area contributed by atoms with Gasteiger partial charge in [-0.25, -0.2) is 0 Å². The van der Waals surface area contributed by atoms with E-state index in [1.54, 1.807) is 0 Å². The Labute approximate surface area is 69.6 Å². The van der Waals surface area contributed by atoms with Crippen molar-refractivity contribution in [2.75, 3.05) is 12.3 Å². The van der Waals surface area contributed by atoms with Gasteiger partial charge in [0.15, 0.2) is 0 Å². The minimum Gasteiger partial charge on any atom is -0.398 e. The molecule has 1 rings (SSSR count). The van der Waals surface area contributed by atoms with Crippen LogP contribution >= 0.6 is 11.3 Å². The van der Waals surface area contributed by atoms with Crippen LogP contribution in [0.4, 0.5) is 5.69 Å². The van der Waals surface area contributed by atoms with E-state index in [0.29, 0.717) is 6.42 Å². The Balaban J connectivity index is 2.67. The fourth-order valence-corrected chi connectivity index (χ4v) is 1.72. The summed E-state index contributed by atoms with van der Waals surface area (Å²) in [7, 11) is 0. The van der Waals surface area contributed by atoms with Gasteiger partial charge in [-0.15, -0.1) is 11.3 Å². The third-order valence-corrected chi connectivity index (χ3v) is 2.34. The van der Waals surface area contributed by atoms with Gasteiger partial charge in [0.1, 0.15) is 0 Å². The van der Waals surface area contributed by atoms with Gasteiger partial charge in [-0.1, -0.05) is 0 Å². The number of rotatable bonds is 3. The lowest BCUT2D eigenvalue weighted by Crippen LogP contribution is -2.12. The van der Waals surface area contributed by atoms with E-state index in [2.05, 4.69) is 0 Å². The van der Waals surface area contributed by atoms with Crippen LogP contribution in [-0.4, -0.2) is 11.7 Å². The summed E-state index contributed by atoms with van der Waals surface area (Å²) < 4.78 is 0. The maximum atomic E-state index is 8.61. The third kappa shape index (κ3) is 1.92. The lowest BCUT2D eigenvalue weighted by Gasteiger charge is -2.08. The highest BCUT2D eigenvalue weighted by Crippen LogP contribution is 2.24. The average molecular weight is 172 g/mol. The Morgan fingerprint density at radius 2 is 2.27 bits per heavy atom. The lowest BCUT2D eigenvalue weighted by atomic mass is 10.1. The highest BCUT2D eigenvalue weighted by molar-refractivity contribution is 7.08. The summed E-state index contributed by atoms with van der Waals surface area (Å²) in [4.78, 5) is 0. The molecule has 3 nitrogen and oxygen atoms in total. The zero-order valence-electron chi connectivity index (χ0n) is 6.16. The molecule has 0 aliphatic heterocycles. The molecule has 0 radical (unpaired) electrons. The first-order valence-corrected chi connectivity index (χ1v) is 4.38. The van der Waals surface area contributed by atoms with Gasteiger partial charge in [0.2, 0.25) is 0 Å². The van der Waals surface area contributed by atoms with Gasteiger partial charge in [-0.3, -0.25) is 0 Å². The molecule has 1 aromatic rings. The largest absolute Gasteiger partial charge is 0.398 e. The number of thiophene rings is 1. The molecule has 4 heteroatoms. The average Bonchev–Trinajstić information content (AvgIpc) is 2.36. The first kappa shape index (κ1) is 8.52. The first-order chi connectivity index (χ1) is 5.25. The molecule has 0 spiro atoms. The van der Waals surface area contributed by atoms with Crippen LogP contribution in [0, 0.1) is 0 Å². The van der Waals surface area contributed by atoms with Crippen molar-refractivity contribution in [1.29, 1.82) is 0 Å². The van der Waals surface area contributed by atoms with Crippen LogP contribution in [0.2, 0.25) is 0 Å². The molecule has 0 saturated heterocycles. The quantitative estimate of drug-likeness (QED) is 0.628. The second-order valence-electron chi connectivity index (χ2n) is 2.40. The highest BCUT2D eigenvalue weighted by atomic mass is 32.1. The van der Waals surface area contributed by atoms with E-state index in [0.717, 1.165) is 11.3 Å². The van der Waals surface area contributed by atoms with Gasteiger partial charge in [0, 0.05) is 29.3 Å². The molecule has 0 fully saturated rings. The minimum absolute atomic E-state index is 0.108. The smallest absolute Gasteiger partial charge is 0.0471 e. The van der Waals surface area contributed by atoms with Crippen molar-refractivity contribution < 1.29 is 5.11 Å². The molecule has 0 amide bonds. The summed E-state index contributed by atoms with van der Waals surface area (Å²) in [6, 6.07) is -0.119. The SMILES string of the molecule is Nc1cscc1C(N)CCO. The van der Waals surface area contributed by atoms with E-state index < -0.39 is 0 Å². The number of nitrogen functional groups attached to an aromatic ring is 1. The zero-order valence-corrected chi connectivity index (χ0v) is 6.97. The van der Waals surface area contributed by atoms with E-state index in [-0.39, 0.29) is 12.6 Å². The predicted molar refractivity (Wildman–Crippen MR) is 47.4 cm³/mol. The monoisotopic (exact) mass is 172 g/mol. The molecule has 62 valence electrons. The van der Waals surface area contributed by atoms with Crippen molar-refractivity contribution in [2.45, 2.75) is 12.5 Å². The topological polar surface area (TPSA) is 72.3 Å². The van der Waals surface area contributed by atoms with Gasteiger partial charge in [0.05, 0.1) is 0 Å². The molecular formula is C7H12N2OS. The Morgan fingerprint density at radius 1 is 1.55 bits per heavy atom. The first-order valence-electron chi connectivity index (χ1n) is 3.43. The molecule has 1 unspecified atom stereocenters. The maximum Gasteiger partial charge on any atom is 0.0471 e. The Bertz CT molecular complexity index is 224. The molecule has 5 N–H and O–H groups in total. The van der Waals surface area contributed by atoms with Crippen LogP contribution in [0.1, 0.15) is 18.0 Å². The fraction of sp³-hybridized carbons (Fsp3) is 0.429. The number of aliphatic hydroxyl groups excluding tert-OH is 1. The molecule has 0 bridgehead atoms.